The second-order valence-corrected chi connectivity index (χ2v) is 7.94. The molecule has 4 rings (SSSR count). The standard InChI is InChI=1S/C16H17FN5O5P/c17-10-4-2-1-3-9(10)14-11(5-12(27-14)26-8-28(23,24)25)22-7-21-13-15(18)19-6-20-16(13)22/h1-4,6-7,11-12,14H,5,8H2,(H2,18,19,20)(H2,23,24,25)/t11?,12-,14+/m0/s1. The Morgan fingerprint density at radius 2 is 2.11 bits per heavy atom. The average Bonchev–Trinajstić information content (AvgIpc) is 3.24. The molecule has 0 saturated carbocycles. The fraction of sp³-hybridized carbons (Fsp3) is 0.312. The minimum atomic E-state index is -4.38. The van der Waals surface area contributed by atoms with Crippen molar-refractivity contribution in [3.05, 3.63) is 48.3 Å². The zero-order valence-corrected chi connectivity index (χ0v) is 15.3. The van der Waals surface area contributed by atoms with E-state index in [0.717, 1.165) is 0 Å². The second-order valence-electron chi connectivity index (χ2n) is 6.35. The van der Waals surface area contributed by atoms with Crippen LogP contribution in [0.15, 0.2) is 36.9 Å². The van der Waals surface area contributed by atoms with Gasteiger partial charge in [-0.25, -0.2) is 19.3 Å². The molecule has 0 bridgehead atoms. The maximum atomic E-state index is 14.4. The summed E-state index contributed by atoms with van der Waals surface area (Å²) in [5, 5.41) is 0. The number of rotatable bonds is 5. The molecule has 2 aromatic heterocycles. The predicted octanol–water partition coefficient (Wildman–Crippen LogP) is 1.73. The highest BCUT2D eigenvalue weighted by atomic mass is 31.2. The number of halogens is 1. The van der Waals surface area contributed by atoms with Crippen LogP contribution in [0, 0.1) is 5.82 Å². The topological polar surface area (TPSA) is 146 Å². The molecular formula is C16H17FN5O5P. The predicted molar refractivity (Wildman–Crippen MR) is 95.4 cm³/mol. The number of nitrogens with two attached hydrogens (primary N) is 1. The minimum absolute atomic E-state index is 0.203. The molecule has 1 unspecified atom stereocenters. The lowest BCUT2D eigenvalue weighted by atomic mass is 10.0. The first kappa shape index (κ1) is 18.9. The van der Waals surface area contributed by atoms with E-state index in [4.69, 9.17) is 25.0 Å². The van der Waals surface area contributed by atoms with Gasteiger partial charge >= 0.3 is 7.60 Å². The van der Waals surface area contributed by atoms with Crippen LogP contribution in [0.2, 0.25) is 0 Å². The Balaban J connectivity index is 1.72. The van der Waals surface area contributed by atoms with Gasteiger partial charge in [-0.15, -0.1) is 0 Å². The van der Waals surface area contributed by atoms with E-state index in [-0.39, 0.29) is 12.2 Å². The minimum Gasteiger partial charge on any atom is -0.382 e. The van der Waals surface area contributed by atoms with Gasteiger partial charge in [-0.1, -0.05) is 18.2 Å². The Morgan fingerprint density at radius 1 is 1.32 bits per heavy atom. The van der Waals surface area contributed by atoms with Crippen molar-refractivity contribution in [2.75, 3.05) is 12.1 Å². The summed E-state index contributed by atoms with van der Waals surface area (Å²) in [6.07, 6.45) is 0.479. The van der Waals surface area contributed by atoms with Crippen molar-refractivity contribution >= 4 is 24.6 Å². The third-order valence-corrected chi connectivity index (χ3v) is 4.95. The molecule has 1 aromatic carbocycles. The molecule has 148 valence electrons. The van der Waals surface area contributed by atoms with Crippen LogP contribution in [0.25, 0.3) is 11.2 Å². The number of hydrogen-bond donors (Lipinski definition) is 3. The van der Waals surface area contributed by atoms with Gasteiger partial charge in [-0.3, -0.25) is 4.57 Å². The van der Waals surface area contributed by atoms with E-state index in [9.17, 15) is 8.96 Å². The molecule has 0 radical (unpaired) electrons. The third kappa shape index (κ3) is 3.62. The molecule has 28 heavy (non-hydrogen) atoms. The smallest absolute Gasteiger partial charge is 0.351 e. The lowest BCUT2D eigenvalue weighted by molar-refractivity contribution is -0.126. The molecule has 1 fully saturated rings. The Morgan fingerprint density at radius 3 is 2.86 bits per heavy atom. The summed E-state index contributed by atoms with van der Waals surface area (Å²) in [4.78, 5) is 30.4. The van der Waals surface area contributed by atoms with Crippen molar-refractivity contribution < 1.29 is 28.2 Å². The molecule has 3 atom stereocenters. The fourth-order valence-electron chi connectivity index (χ4n) is 3.28. The van der Waals surface area contributed by atoms with Gasteiger partial charge in [0, 0.05) is 12.0 Å². The normalized spacial score (nSPS) is 22.8. The van der Waals surface area contributed by atoms with Gasteiger partial charge in [0.25, 0.3) is 0 Å². The van der Waals surface area contributed by atoms with E-state index in [1.165, 1.54) is 18.7 Å². The first-order chi connectivity index (χ1) is 13.3. The maximum absolute atomic E-state index is 14.4. The largest absolute Gasteiger partial charge is 0.382 e. The molecular weight excluding hydrogens is 392 g/mol. The van der Waals surface area contributed by atoms with Crippen molar-refractivity contribution in [3.8, 4) is 0 Å². The second kappa shape index (κ2) is 7.19. The van der Waals surface area contributed by atoms with E-state index in [1.807, 2.05) is 0 Å². The van der Waals surface area contributed by atoms with Crippen LogP contribution in [-0.2, 0) is 14.0 Å². The lowest BCUT2D eigenvalue weighted by Crippen LogP contribution is -2.14. The number of ether oxygens (including phenoxy) is 2. The van der Waals surface area contributed by atoms with Crippen LogP contribution in [0.4, 0.5) is 10.2 Å². The van der Waals surface area contributed by atoms with Gasteiger partial charge in [0.15, 0.2) is 24.1 Å². The summed E-state index contributed by atoms with van der Waals surface area (Å²) in [7, 11) is -4.38. The molecule has 12 heteroatoms. The number of hydrogen-bond acceptors (Lipinski definition) is 7. The van der Waals surface area contributed by atoms with Gasteiger partial charge < -0.3 is 29.6 Å². The van der Waals surface area contributed by atoms with E-state index < -0.39 is 38.2 Å². The zero-order valence-electron chi connectivity index (χ0n) is 14.4. The molecule has 0 amide bonds. The SMILES string of the molecule is Nc1ncnc2c1ncn2C1C[C@@H](OCP(=O)(O)O)O[C@@H]1c1ccccc1F. The van der Waals surface area contributed by atoms with E-state index in [0.29, 0.717) is 16.7 Å². The van der Waals surface area contributed by atoms with Gasteiger partial charge in [-0.2, -0.15) is 0 Å². The average molecular weight is 409 g/mol. The zero-order chi connectivity index (χ0) is 19.9. The summed E-state index contributed by atoms with van der Waals surface area (Å²) in [6, 6.07) is 5.64. The molecule has 3 aromatic rings. The first-order valence-corrected chi connectivity index (χ1v) is 10.1. The monoisotopic (exact) mass is 409 g/mol. The molecule has 0 aliphatic carbocycles. The summed E-state index contributed by atoms with van der Waals surface area (Å²) in [6.45, 7) is 0. The highest BCUT2D eigenvalue weighted by Gasteiger charge is 2.40. The highest BCUT2D eigenvalue weighted by molar-refractivity contribution is 7.51. The molecule has 0 spiro atoms. The lowest BCUT2D eigenvalue weighted by Gasteiger charge is -2.20. The summed E-state index contributed by atoms with van der Waals surface area (Å²) in [5.74, 6) is -0.258. The van der Waals surface area contributed by atoms with Crippen LogP contribution in [-0.4, -0.2) is 41.9 Å². The molecule has 1 saturated heterocycles. The van der Waals surface area contributed by atoms with Crippen LogP contribution in [0.5, 0.6) is 0 Å². The molecule has 3 heterocycles. The number of imidazole rings is 1. The Kier molecular flexibility index (Phi) is 4.86. The summed E-state index contributed by atoms with van der Waals surface area (Å²) < 4.78 is 38.3. The molecule has 1 aliphatic rings. The van der Waals surface area contributed by atoms with Crippen molar-refractivity contribution in [2.24, 2.45) is 0 Å². The number of fused-ring (bicyclic) bond motifs is 1. The fourth-order valence-corrected chi connectivity index (χ4v) is 3.64. The van der Waals surface area contributed by atoms with Gasteiger partial charge in [0.2, 0.25) is 0 Å². The summed E-state index contributed by atoms with van der Waals surface area (Å²) >= 11 is 0. The Hall–Kier alpha value is -2.43. The van der Waals surface area contributed by atoms with Gasteiger partial charge in [0.05, 0.1) is 12.4 Å². The number of aromatic nitrogens is 4. The number of nitrogen functional groups attached to an aromatic ring is 1. The van der Waals surface area contributed by atoms with Crippen LogP contribution in [0.3, 0.4) is 0 Å². The Labute approximate surface area is 158 Å². The summed E-state index contributed by atoms with van der Waals surface area (Å²) in [5.41, 5.74) is 6.96. The van der Waals surface area contributed by atoms with Crippen molar-refractivity contribution in [1.82, 2.24) is 19.5 Å². The number of benzene rings is 1. The first-order valence-electron chi connectivity index (χ1n) is 8.32. The number of nitrogens with zero attached hydrogens (tertiary/aromatic N) is 4. The van der Waals surface area contributed by atoms with Crippen LogP contribution < -0.4 is 5.73 Å². The highest BCUT2D eigenvalue weighted by Crippen LogP contribution is 2.45. The van der Waals surface area contributed by atoms with E-state index in [2.05, 4.69) is 15.0 Å². The molecule has 4 N–H and O–H groups in total. The van der Waals surface area contributed by atoms with E-state index in [1.54, 1.807) is 22.8 Å². The molecule has 10 nitrogen and oxygen atoms in total. The maximum Gasteiger partial charge on any atom is 0.351 e. The van der Waals surface area contributed by atoms with E-state index >= 15 is 0 Å². The quantitative estimate of drug-likeness (QED) is 0.536. The van der Waals surface area contributed by atoms with Gasteiger partial charge in [0.1, 0.15) is 23.8 Å². The molecule has 1 aliphatic heterocycles. The van der Waals surface area contributed by atoms with Crippen LogP contribution in [0.1, 0.15) is 24.1 Å². The van der Waals surface area contributed by atoms with Crippen LogP contribution >= 0.6 is 7.60 Å². The van der Waals surface area contributed by atoms with Gasteiger partial charge in [-0.05, 0) is 6.07 Å². The van der Waals surface area contributed by atoms with Crippen molar-refractivity contribution in [2.45, 2.75) is 24.9 Å². The van der Waals surface area contributed by atoms with Crippen molar-refractivity contribution in [1.29, 1.82) is 0 Å². The third-order valence-electron chi connectivity index (χ3n) is 4.47. The number of anilines is 1. The van der Waals surface area contributed by atoms with Crippen molar-refractivity contribution in [3.63, 3.8) is 0 Å². The Bertz CT molecular complexity index is 1060.